The van der Waals surface area contributed by atoms with Gasteiger partial charge >= 0.3 is 0 Å². The Morgan fingerprint density at radius 1 is 1.19 bits per heavy atom. The fourth-order valence-corrected chi connectivity index (χ4v) is 3.21. The van der Waals surface area contributed by atoms with Gasteiger partial charge in [0.25, 0.3) is 0 Å². The van der Waals surface area contributed by atoms with Gasteiger partial charge < -0.3 is 15.0 Å². The summed E-state index contributed by atoms with van der Waals surface area (Å²) in [5.41, 5.74) is 2.82. The van der Waals surface area contributed by atoms with E-state index in [1.165, 1.54) is 11.6 Å². The lowest BCUT2D eigenvalue weighted by Gasteiger charge is -2.26. The number of ether oxygens (including phenoxy) is 1. The first-order valence-electron chi connectivity index (χ1n) is 9.19. The monoisotopic (exact) mass is 365 g/mol. The predicted molar refractivity (Wildman–Crippen MR) is 105 cm³/mol. The van der Waals surface area contributed by atoms with Gasteiger partial charge in [-0.25, -0.2) is 4.98 Å². The molecule has 27 heavy (non-hydrogen) atoms. The number of hydrogen-bond donors (Lipinski definition) is 2. The van der Waals surface area contributed by atoms with Gasteiger partial charge in [-0.3, -0.25) is 9.69 Å². The molecule has 0 spiro atoms. The van der Waals surface area contributed by atoms with Gasteiger partial charge in [-0.15, -0.1) is 0 Å². The van der Waals surface area contributed by atoms with Crippen LogP contribution in [0.2, 0.25) is 0 Å². The van der Waals surface area contributed by atoms with E-state index in [-0.39, 0.29) is 11.6 Å². The fourth-order valence-electron chi connectivity index (χ4n) is 3.21. The molecule has 3 aromatic rings. The van der Waals surface area contributed by atoms with E-state index in [2.05, 4.69) is 56.4 Å². The van der Waals surface area contributed by atoms with Crippen molar-refractivity contribution in [3.8, 4) is 0 Å². The normalized spacial score (nSPS) is 16.3. The summed E-state index contributed by atoms with van der Waals surface area (Å²) in [5.74, 6) is 0.495. The van der Waals surface area contributed by atoms with Gasteiger partial charge in [0.2, 0.25) is 11.5 Å². The first-order chi connectivity index (χ1) is 13.2. The van der Waals surface area contributed by atoms with Gasteiger partial charge in [-0.05, 0) is 24.1 Å². The number of H-pyrrole nitrogens is 1. The van der Waals surface area contributed by atoms with Crippen molar-refractivity contribution in [1.82, 2.24) is 19.9 Å². The number of rotatable bonds is 5. The van der Waals surface area contributed by atoms with Crippen molar-refractivity contribution in [3.05, 3.63) is 64.1 Å². The highest BCUT2D eigenvalue weighted by Gasteiger charge is 2.12. The summed E-state index contributed by atoms with van der Waals surface area (Å²) in [6.45, 7) is 6.62. The number of benzene rings is 1. The first kappa shape index (κ1) is 17.6. The third-order valence-electron chi connectivity index (χ3n) is 4.81. The number of nitrogens with one attached hydrogen (secondary N) is 2. The summed E-state index contributed by atoms with van der Waals surface area (Å²) >= 11 is 0. The second-order valence-electron chi connectivity index (χ2n) is 6.82. The summed E-state index contributed by atoms with van der Waals surface area (Å²) < 4.78 is 5.40. The number of fused-ring (bicyclic) bond motifs is 1. The molecule has 0 amide bonds. The van der Waals surface area contributed by atoms with Crippen molar-refractivity contribution >= 4 is 17.0 Å². The molecule has 1 atom stereocenters. The number of anilines is 1. The molecule has 1 aromatic carbocycles. The maximum atomic E-state index is 11.5. The minimum atomic E-state index is -0.170. The lowest BCUT2D eigenvalue weighted by Crippen LogP contribution is -2.35. The van der Waals surface area contributed by atoms with Crippen molar-refractivity contribution in [3.63, 3.8) is 0 Å². The molecule has 7 heteroatoms. The molecule has 0 aliphatic carbocycles. The zero-order valence-electron chi connectivity index (χ0n) is 15.3. The van der Waals surface area contributed by atoms with Crippen molar-refractivity contribution in [2.24, 2.45) is 0 Å². The fraction of sp³-hybridized carbons (Fsp3) is 0.350. The number of aromatic amines is 1. The topological polar surface area (TPSA) is 83.1 Å². The largest absolute Gasteiger partial charge is 0.379 e. The van der Waals surface area contributed by atoms with Gasteiger partial charge in [0, 0.05) is 37.3 Å². The van der Waals surface area contributed by atoms with Gasteiger partial charge in [0.05, 0.1) is 19.3 Å². The molecule has 0 unspecified atom stereocenters. The standard InChI is InChI=1S/C20H23N5O2/c1-14(22-20-21-12-17-6-7-18(26)23-19(17)24-20)16-4-2-15(3-5-16)13-25-8-10-27-11-9-25/h2-7,12,14H,8-11,13H2,1H3,(H2,21,22,23,24,26)/t14-/m0/s1. The van der Waals surface area contributed by atoms with Crippen LogP contribution in [-0.2, 0) is 11.3 Å². The minimum Gasteiger partial charge on any atom is -0.379 e. The summed E-state index contributed by atoms with van der Waals surface area (Å²) in [6.07, 6.45) is 1.71. The highest BCUT2D eigenvalue weighted by Crippen LogP contribution is 2.19. The molecule has 1 saturated heterocycles. The first-order valence-corrected chi connectivity index (χ1v) is 9.19. The average Bonchev–Trinajstić information content (AvgIpc) is 2.69. The van der Waals surface area contributed by atoms with Crippen LogP contribution in [0, 0.1) is 0 Å². The van der Waals surface area contributed by atoms with E-state index < -0.39 is 0 Å². The molecule has 140 valence electrons. The van der Waals surface area contributed by atoms with E-state index in [1.54, 1.807) is 12.3 Å². The lowest BCUT2D eigenvalue weighted by atomic mass is 10.1. The van der Waals surface area contributed by atoms with Crippen LogP contribution in [0.1, 0.15) is 24.1 Å². The lowest BCUT2D eigenvalue weighted by molar-refractivity contribution is 0.0342. The van der Waals surface area contributed by atoms with E-state index in [4.69, 9.17) is 4.74 Å². The van der Waals surface area contributed by atoms with Crippen molar-refractivity contribution in [2.45, 2.75) is 19.5 Å². The van der Waals surface area contributed by atoms with Crippen LogP contribution in [0.15, 0.2) is 47.4 Å². The molecule has 0 bridgehead atoms. The smallest absolute Gasteiger partial charge is 0.249 e. The molecule has 7 nitrogen and oxygen atoms in total. The summed E-state index contributed by atoms with van der Waals surface area (Å²) in [7, 11) is 0. The summed E-state index contributed by atoms with van der Waals surface area (Å²) in [4.78, 5) is 25.3. The third kappa shape index (κ3) is 4.32. The van der Waals surface area contributed by atoms with Gasteiger partial charge in [0.1, 0.15) is 5.65 Å². The van der Waals surface area contributed by atoms with E-state index >= 15 is 0 Å². The molecule has 1 aliphatic rings. The Balaban J connectivity index is 1.43. The van der Waals surface area contributed by atoms with Gasteiger partial charge in [-0.1, -0.05) is 24.3 Å². The van der Waals surface area contributed by atoms with Crippen LogP contribution in [0.3, 0.4) is 0 Å². The minimum absolute atomic E-state index is 0.0512. The van der Waals surface area contributed by atoms with Crippen LogP contribution in [0.5, 0.6) is 0 Å². The summed E-state index contributed by atoms with van der Waals surface area (Å²) in [6, 6.07) is 11.8. The number of aromatic nitrogens is 3. The van der Waals surface area contributed by atoms with Crippen LogP contribution in [0.4, 0.5) is 5.95 Å². The summed E-state index contributed by atoms with van der Waals surface area (Å²) in [5, 5.41) is 4.11. The Kier molecular flexibility index (Phi) is 5.13. The van der Waals surface area contributed by atoms with Crippen molar-refractivity contribution in [2.75, 3.05) is 31.6 Å². The van der Waals surface area contributed by atoms with E-state index in [1.807, 2.05) is 0 Å². The molecule has 2 aromatic heterocycles. The number of nitrogens with zero attached hydrogens (tertiary/aromatic N) is 3. The zero-order valence-corrected chi connectivity index (χ0v) is 15.3. The zero-order chi connectivity index (χ0) is 18.6. The van der Waals surface area contributed by atoms with Crippen LogP contribution in [-0.4, -0.2) is 46.2 Å². The second kappa shape index (κ2) is 7.85. The molecule has 1 aliphatic heterocycles. The van der Waals surface area contributed by atoms with Gasteiger partial charge in [0.15, 0.2) is 0 Å². The maximum Gasteiger partial charge on any atom is 0.249 e. The molecular weight excluding hydrogens is 342 g/mol. The highest BCUT2D eigenvalue weighted by molar-refractivity contribution is 5.74. The molecule has 1 fully saturated rings. The highest BCUT2D eigenvalue weighted by atomic mass is 16.5. The van der Waals surface area contributed by atoms with Crippen LogP contribution in [0.25, 0.3) is 11.0 Å². The number of morpholine rings is 1. The Morgan fingerprint density at radius 2 is 1.96 bits per heavy atom. The molecule has 4 rings (SSSR count). The molecule has 2 N–H and O–H groups in total. The Hall–Kier alpha value is -2.77. The Bertz CT molecular complexity index is 964. The SMILES string of the molecule is C[C@H](Nc1ncc2ccc(=O)[nH]c2n1)c1ccc(CN2CCOCC2)cc1. The second-order valence-corrected chi connectivity index (χ2v) is 6.82. The molecule has 3 heterocycles. The Labute approximate surface area is 157 Å². The average molecular weight is 365 g/mol. The molecular formula is C20H23N5O2. The van der Waals surface area contributed by atoms with E-state index in [0.29, 0.717) is 11.6 Å². The molecule has 0 saturated carbocycles. The third-order valence-corrected chi connectivity index (χ3v) is 4.81. The van der Waals surface area contributed by atoms with E-state index in [0.717, 1.165) is 43.8 Å². The van der Waals surface area contributed by atoms with Gasteiger partial charge in [-0.2, -0.15) is 4.98 Å². The number of hydrogen-bond acceptors (Lipinski definition) is 6. The van der Waals surface area contributed by atoms with E-state index in [9.17, 15) is 4.79 Å². The van der Waals surface area contributed by atoms with Crippen LogP contribution >= 0.6 is 0 Å². The predicted octanol–water partition coefficient (Wildman–Crippen LogP) is 2.32. The van der Waals surface area contributed by atoms with Crippen molar-refractivity contribution < 1.29 is 4.74 Å². The Morgan fingerprint density at radius 3 is 2.74 bits per heavy atom. The quantitative estimate of drug-likeness (QED) is 0.722. The van der Waals surface area contributed by atoms with Crippen molar-refractivity contribution in [1.29, 1.82) is 0 Å². The van der Waals surface area contributed by atoms with Crippen LogP contribution < -0.4 is 10.9 Å². The number of pyridine rings is 1. The molecule has 0 radical (unpaired) electrons. The maximum absolute atomic E-state index is 11.5.